The summed E-state index contributed by atoms with van der Waals surface area (Å²) >= 11 is 0. The summed E-state index contributed by atoms with van der Waals surface area (Å²) in [4.78, 5) is 0. The van der Waals surface area contributed by atoms with Gasteiger partial charge in [-0.3, -0.25) is 0 Å². The molecule has 0 amide bonds. The molecule has 1 unspecified atom stereocenters. The van der Waals surface area contributed by atoms with Crippen LogP contribution in [-0.4, -0.2) is 25.8 Å². The number of hydrogen-bond donors (Lipinski definition) is 1. The van der Waals surface area contributed by atoms with Crippen LogP contribution < -0.4 is 5.32 Å². The van der Waals surface area contributed by atoms with Crippen molar-refractivity contribution in [2.24, 2.45) is 0 Å². The smallest absolute Gasteiger partial charge is 0.0594 e. The van der Waals surface area contributed by atoms with Crippen LogP contribution in [0, 0.1) is 0 Å². The van der Waals surface area contributed by atoms with Crippen LogP contribution in [0.25, 0.3) is 0 Å². The van der Waals surface area contributed by atoms with Gasteiger partial charge in [-0.1, -0.05) is 0 Å². The van der Waals surface area contributed by atoms with Crippen LogP contribution in [0.5, 0.6) is 0 Å². The van der Waals surface area contributed by atoms with E-state index in [9.17, 15) is 0 Å². The van der Waals surface area contributed by atoms with Gasteiger partial charge in [-0.05, 0) is 19.9 Å². The van der Waals surface area contributed by atoms with Crippen LogP contribution in [0.4, 0.5) is 0 Å². The van der Waals surface area contributed by atoms with Gasteiger partial charge in [-0.15, -0.1) is 12.4 Å². The molecule has 1 N–H and O–H groups in total. The highest BCUT2D eigenvalue weighted by atomic mass is 35.5. The minimum absolute atomic E-state index is 0. The van der Waals surface area contributed by atoms with Crippen LogP contribution in [-0.2, 0) is 4.74 Å². The van der Waals surface area contributed by atoms with Gasteiger partial charge in [0.05, 0.1) is 12.7 Å². The van der Waals surface area contributed by atoms with E-state index in [4.69, 9.17) is 4.74 Å². The molecule has 0 aromatic carbocycles. The number of halogens is 1. The summed E-state index contributed by atoms with van der Waals surface area (Å²) in [6.45, 7) is 5.12. The molecular weight excluding hydrogens is 138 g/mol. The van der Waals surface area contributed by atoms with Crippen molar-refractivity contribution in [3.8, 4) is 0 Å². The van der Waals surface area contributed by atoms with Gasteiger partial charge in [-0.2, -0.15) is 0 Å². The molecule has 9 heavy (non-hydrogen) atoms. The Balaban J connectivity index is 0.000000640. The summed E-state index contributed by atoms with van der Waals surface area (Å²) < 4.78 is 5.34. The Hall–Kier alpha value is 0.210. The second-order valence-corrected chi connectivity index (χ2v) is 2.22. The Kier molecular flexibility index (Phi) is 5.15. The summed E-state index contributed by atoms with van der Waals surface area (Å²) in [6, 6.07) is 0. The fraction of sp³-hybridized carbons (Fsp3) is 1.00. The van der Waals surface area contributed by atoms with E-state index in [1.807, 2.05) is 0 Å². The van der Waals surface area contributed by atoms with Crippen molar-refractivity contribution >= 4 is 12.4 Å². The lowest BCUT2D eigenvalue weighted by Crippen LogP contribution is -2.16. The molecule has 1 rings (SSSR count). The quantitative estimate of drug-likeness (QED) is 0.553. The van der Waals surface area contributed by atoms with Gasteiger partial charge >= 0.3 is 0 Å². The molecule has 56 valence electrons. The molecule has 1 aliphatic rings. The van der Waals surface area contributed by atoms with Gasteiger partial charge < -0.3 is 10.1 Å². The van der Waals surface area contributed by atoms with Crippen molar-refractivity contribution in [3.05, 3.63) is 0 Å². The predicted octanol–water partition coefficient (Wildman–Crippen LogP) is 0.807. The van der Waals surface area contributed by atoms with E-state index in [2.05, 4.69) is 12.2 Å². The number of ether oxygens (including phenoxy) is 1. The summed E-state index contributed by atoms with van der Waals surface area (Å²) in [5, 5.41) is 3.25. The van der Waals surface area contributed by atoms with Crippen molar-refractivity contribution in [2.45, 2.75) is 19.4 Å². The average molecular weight is 152 g/mol. The third kappa shape index (κ3) is 3.73. The first kappa shape index (κ1) is 9.21. The first-order valence-electron chi connectivity index (χ1n) is 3.22. The van der Waals surface area contributed by atoms with E-state index >= 15 is 0 Å². The van der Waals surface area contributed by atoms with Gasteiger partial charge in [0.1, 0.15) is 0 Å². The maximum absolute atomic E-state index is 5.34. The summed E-state index contributed by atoms with van der Waals surface area (Å²) in [6.07, 6.45) is 1.62. The van der Waals surface area contributed by atoms with Crippen LogP contribution in [0.15, 0.2) is 0 Å². The average Bonchev–Trinajstić information content (AvgIpc) is 1.94. The third-order valence-electron chi connectivity index (χ3n) is 1.41. The Bertz CT molecular complexity index is 62.1. The topological polar surface area (TPSA) is 21.3 Å². The van der Waals surface area contributed by atoms with E-state index in [0.717, 1.165) is 26.1 Å². The van der Waals surface area contributed by atoms with Crippen molar-refractivity contribution in [3.63, 3.8) is 0 Å². The van der Waals surface area contributed by atoms with Crippen molar-refractivity contribution < 1.29 is 4.74 Å². The molecule has 0 spiro atoms. The van der Waals surface area contributed by atoms with Crippen LogP contribution >= 0.6 is 12.4 Å². The Morgan fingerprint density at radius 2 is 2.22 bits per heavy atom. The normalized spacial score (nSPS) is 28.3. The van der Waals surface area contributed by atoms with Crippen molar-refractivity contribution in [1.29, 1.82) is 0 Å². The zero-order valence-electron chi connectivity index (χ0n) is 5.72. The zero-order chi connectivity index (χ0) is 5.82. The third-order valence-corrected chi connectivity index (χ3v) is 1.41. The Labute approximate surface area is 62.4 Å². The minimum atomic E-state index is 0. The van der Waals surface area contributed by atoms with Gasteiger partial charge in [-0.25, -0.2) is 0 Å². The highest BCUT2D eigenvalue weighted by Crippen LogP contribution is 1.97. The second kappa shape index (κ2) is 5.03. The molecule has 1 heterocycles. The summed E-state index contributed by atoms with van der Waals surface area (Å²) in [7, 11) is 0. The molecule has 0 radical (unpaired) electrons. The van der Waals surface area contributed by atoms with Crippen molar-refractivity contribution in [1.82, 2.24) is 5.32 Å². The lowest BCUT2D eigenvalue weighted by molar-refractivity contribution is 0.0783. The standard InChI is InChI=1S/C6H13NO.ClH/c1-6-2-3-7-4-5-8-6;/h6-7H,2-5H2,1H3;1H. The Morgan fingerprint density at radius 3 is 3.00 bits per heavy atom. The van der Waals surface area contributed by atoms with Crippen LogP contribution in [0.2, 0.25) is 0 Å². The lowest BCUT2D eigenvalue weighted by Gasteiger charge is -2.04. The molecule has 2 nitrogen and oxygen atoms in total. The minimum Gasteiger partial charge on any atom is -0.377 e. The highest BCUT2D eigenvalue weighted by Gasteiger charge is 2.04. The van der Waals surface area contributed by atoms with Gasteiger partial charge in [0, 0.05) is 6.54 Å². The molecule has 0 saturated carbocycles. The summed E-state index contributed by atoms with van der Waals surface area (Å²) in [5.41, 5.74) is 0. The maximum atomic E-state index is 5.34. The number of rotatable bonds is 0. The van der Waals surface area contributed by atoms with E-state index in [0.29, 0.717) is 6.10 Å². The monoisotopic (exact) mass is 151 g/mol. The van der Waals surface area contributed by atoms with Crippen LogP contribution in [0.3, 0.4) is 0 Å². The predicted molar refractivity (Wildman–Crippen MR) is 40.1 cm³/mol. The molecule has 3 heteroatoms. The molecule has 1 fully saturated rings. The fourth-order valence-electron chi connectivity index (χ4n) is 0.846. The molecule has 1 atom stereocenters. The number of nitrogens with one attached hydrogen (secondary N) is 1. The first-order valence-corrected chi connectivity index (χ1v) is 3.22. The number of hydrogen-bond acceptors (Lipinski definition) is 2. The zero-order valence-corrected chi connectivity index (χ0v) is 6.54. The van der Waals surface area contributed by atoms with Gasteiger partial charge in [0.2, 0.25) is 0 Å². The lowest BCUT2D eigenvalue weighted by atomic mass is 10.3. The van der Waals surface area contributed by atoms with Crippen molar-refractivity contribution in [2.75, 3.05) is 19.7 Å². The molecule has 0 aromatic rings. The molecule has 1 saturated heterocycles. The highest BCUT2D eigenvalue weighted by molar-refractivity contribution is 5.85. The van der Waals surface area contributed by atoms with Gasteiger partial charge in [0.15, 0.2) is 0 Å². The maximum Gasteiger partial charge on any atom is 0.0594 e. The fourth-order valence-corrected chi connectivity index (χ4v) is 0.846. The second-order valence-electron chi connectivity index (χ2n) is 2.22. The van der Waals surface area contributed by atoms with E-state index in [-0.39, 0.29) is 12.4 Å². The Morgan fingerprint density at radius 1 is 1.44 bits per heavy atom. The largest absolute Gasteiger partial charge is 0.377 e. The first-order chi connectivity index (χ1) is 3.89. The molecule has 0 aliphatic carbocycles. The van der Waals surface area contributed by atoms with Crippen LogP contribution in [0.1, 0.15) is 13.3 Å². The van der Waals surface area contributed by atoms with E-state index < -0.39 is 0 Å². The van der Waals surface area contributed by atoms with E-state index in [1.165, 1.54) is 0 Å². The molecule has 1 aliphatic heterocycles. The van der Waals surface area contributed by atoms with Gasteiger partial charge in [0.25, 0.3) is 0 Å². The van der Waals surface area contributed by atoms with E-state index in [1.54, 1.807) is 0 Å². The molecular formula is C6H14ClNO. The molecule has 0 aromatic heterocycles. The molecule has 0 bridgehead atoms. The summed E-state index contributed by atoms with van der Waals surface area (Å²) in [5.74, 6) is 0. The SMILES string of the molecule is CC1CCNCCO1.Cl.